The zero-order valence-electron chi connectivity index (χ0n) is 29.9. The fraction of sp³-hybridized carbons (Fsp3) is 0.605. The maximum Gasteiger partial charge on any atom is 0.0736 e. The third kappa shape index (κ3) is 7.21. The van der Waals surface area contributed by atoms with Crippen LogP contribution in [0.4, 0.5) is 0 Å². The van der Waals surface area contributed by atoms with Gasteiger partial charge in [-0.3, -0.25) is 34.6 Å². The highest BCUT2D eigenvalue weighted by Crippen LogP contribution is 2.45. The molecule has 2 aliphatic heterocycles. The number of hydrogen-bond acceptors (Lipinski definition) is 8. The monoisotopic (exact) mass is 643 g/mol. The lowest BCUT2D eigenvalue weighted by molar-refractivity contribution is -0.0542. The fourth-order valence-electron chi connectivity index (χ4n) is 7.85. The van der Waals surface area contributed by atoms with Crippen LogP contribution in [0, 0.1) is 0 Å². The summed E-state index contributed by atoms with van der Waals surface area (Å²) in [6.07, 6.45) is 9.18. The zero-order valence-corrected chi connectivity index (χ0v) is 30.8. The number of piperazine rings is 2. The van der Waals surface area contributed by atoms with Crippen LogP contribution < -0.4 is 0 Å². The predicted molar refractivity (Wildman–Crippen MR) is 193 cm³/mol. The number of pyridine rings is 3. The minimum absolute atomic E-state index is 0.0292. The Labute approximate surface area is 283 Å². The maximum atomic E-state index is 5.23. The molecular formula is C38H57N7S. The van der Waals surface area contributed by atoms with Crippen LogP contribution in [-0.4, -0.2) is 96.0 Å². The smallest absolute Gasteiger partial charge is 0.0736 e. The third-order valence-electron chi connectivity index (χ3n) is 10.6. The second-order valence-corrected chi connectivity index (χ2v) is 16.6. The molecule has 3 unspecified atom stereocenters. The first-order valence-corrected chi connectivity index (χ1v) is 18.4. The summed E-state index contributed by atoms with van der Waals surface area (Å²) in [4.78, 5) is 25.4. The first-order chi connectivity index (χ1) is 21.8. The van der Waals surface area contributed by atoms with E-state index in [1.54, 1.807) is 0 Å². The standard InChI is InChI=1S/C38H57N7S/c1-28(2)42-25-33(31-15-11-13-19-39-31)45(37(7,8)46-10)34(26-42)32-18-17-30(24-41-32)23-36(5,6)43-21-22-44(29(3)4)38(9,27-43)35-16-12-14-20-40-35/h11-20,24,28-29,33-34H,21-23,25-27H2,1-10H3. The van der Waals surface area contributed by atoms with E-state index < -0.39 is 0 Å². The number of aromatic nitrogens is 3. The van der Waals surface area contributed by atoms with Crippen molar-refractivity contribution < 1.29 is 0 Å². The fourth-order valence-corrected chi connectivity index (χ4v) is 8.32. The molecule has 0 radical (unpaired) electrons. The van der Waals surface area contributed by atoms with Gasteiger partial charge in [0.15, 0.2) is 0 Å². The summed E-state index contributed by atoms with van der Waals surface area (Å²) >= 11 is 1.91. The first kappa shape index (κ1) is 35.0. The van der Waals surface area contributed by atoms with Gasteiger partial charge in [0.05, 0.1) is 39.6 Å². The molecule has 2 aliphatic rings. The van der Waals surface area contributed by atoms with Gasteiger partial charge >= 0.3 is 0 Å². The Kier molecular flexibility index (Phi) is 10.6. The summed E-state index contributed by atoms with van der Waals surface area (Å²) in [5.41, 5.74) is 4.54. The molecule has 2 saturated heterocycles. The van der Waals surface area contributed by atoms with E-state index in [-0.39, 0.29) is 28.0 Å². The molecule has 0 spiro atoms. The van der Waals surface area contributed by atoms with Gasteiger partial charge in [0.1, 0.15) is 0 Å². The van der Waals surface area contributed by atoms with E-state index in [9.17, 15) is 0 Å². The van der Waals surface area contributed by atoms with Gasteiger partial charge in [-0.25, -0.2) is 0 Å². The van der Waals surface area contributed by atoms with Gasteiger partial charge in [-0.05, 0) is 111 Å². The summed E-state index contributed by atoms with van der Waals surface area (Å²) in [6, 6.07) is 18.5. The second kappa shape index (κ2) is 14.0. The van der Waals surface area contributed by atoms with Gasteiger partial charge in [-0.1, -0.05) is 18.2 Å². The summed E-state index contributed by atoms with van der Waals surface area (Å²) in [5, 5.41) is 0. The lowest BCUT2D eigenvalue weighted by Gasteiger charge is -2.54. The molecule has 46 heavy (non-hydrogen) atoms. The predicted octanol–water partition coefficient (Wildman–Crippen LogP) is 7.04. The third-order valence-corrected chi connectivity index (χ3v) is 11.8. The molecule has 5 rings (SSSR count). The normalized spacial score (nSPS) is 24.6. The van der Waals surface area contributed by atoms with Crippen LogP contribution in [0.25, 0.3) is 0 Å². The van der Waals surface area contributed by atoms with E-state index >= 15 is 0 Å². The van der Waals surface area contributed by atoms with Gasteiger partial charge in [0, 0.05) is 68.9 Å². The van der Waals surface area contributed by atoms with E-state index in [0.717, 1.165) is 56.2 Å². The summed E-state index contributed by atoms with van der Waals surface area (Å²) in [6.45, 7) is 26.0. The van der Waals surface area contributed by atoms with Crippen molar-refractivity contribution in [2.75, 3.05) is 39.0 Å². The second-order valence-electron chi connectivity index (χ2n) is 15.2. The average Bonchev–Trinajstić information content (AvgIpc) is 3.05. The summed E-state index contributed by atoms with van der Waals surface area (Å²) in [7, 11) is 0. The Morgan fingerprint density at radius 2 is 1.48 bits per heavy atom. The van der Waals surface area contributed by atoms with E-state index in [1.807, 2.05) is 36.3 Å². The number of rotatable bonds is 10. The van der Waals surface area contributed by atoms with Crippen LogP contribution in [-0.2, 0) is 12.0 Å². The van der Waals surface area contributed by atoms with Crippen molar-refractivity contribution in [2.45, 2.75) is 109 Å². The Balaban J connectivity index is 1.40. The largest absolute Gasteiger partial charge is 0.297 e. The molecule has 3 aromatic rings. The number of thioether (sulfide) groups is 1. The van der Waals surface area contributed by atoms with Gasteiger partial charge < -0.3 is 0 Å². The molecule has 250 valence electrons. The molecule has 0 N–H and O–H groups in total. The minimum atomic E-state index is -0.145. The van der Waals surface area contributed by atoms with E-state index in [1.165, 1.54) is 5.56 Å². The van der Waals surface area contributed by atoms with Gasteiger partial charge in [0.2, 0.25) is 0 Å². The molecule has 0 amide bonds. The van der Waals surface area contributed by atoms with Gasteiger partial charge in [0.25, 0.3) is 0 Å². The Morgan fingerprint density at radius 3 is 2.00 bits per heavy atom. The quantitative estimate of drug-likeness (QED) is 0.233. The molecule has 0 aliphatic carbocycles. The molecule has 8 heteroatoms. The van der Waals surface area contributed by atoms with Gasteiger partial charge in [-0.2, -0.15) is 0 Å². The van der Waals surface area contributed by atoms with E-state index in [2.05, 4.69) is 131 Å². The summed E-state index contributed by atoms with van der Waals surface area (Å²) < 4.78 is 0. The first-order valence-electron chi connectivity index (χ1n) is 17.1. The topological polar surface area (TPSA) is 51.6 Å². The zero-order chi connectivity index (χ0) is 33.3. The lowest BCUT2D eigenvalue weighted by atomic mass is 9.85. The van der Waals surface area contributed by atoms with Crippen LogP contribution in [0.2, 0.25) is 0 Å². The molecule has 3 atom stereocenters. The van der Waals surface area contributed by atoms with Crippen LogP contribution in [0.1, 0.15) is 97.0 Å². The van der Waals surface area contributed by atoms with Crippen LogP contribution in [0.15, 0.2) is 67.1 Å². The average molecular weight is 644 g/mol. The molecular weight excluding hydrogens is 587 g/mol. The van der Waals surface area contributed by atoms with E-state index in [4.69, 9.17) is 15.0 Å². The highest BCUT2D eigenvalue weighted by atomic mass is 32.2. The van der Waals surface area contributed by atoms with Crippen molar-refractivity contribution in [3.8, 4) is 0 Å². The minimum Gasteiger partial charge on any atom is -0.297 e. The molecule has 2 fully saturated rings. The van der Waals surface area contributed by atoms with Crippen molar-refractivity contribution in [2.24, 2.45) is 0 Å². The Bertz CT molecular complexity index is 1400. The summed E-state index contributed by atoms with van der Waals surface area (Å²) in [5.74, 6) is 0. The molecule has 0 bridgehead atoms. The highest BCUT2D eigenvalue weighted by Gasteiger charge is 2.46. The highest BCUT2D eigenvalue weighted by molar-refractivity contribution is 7.99. The molecule has 0 aromatic carbocycles. The molecule has 3 aromatic heterocycles. The van der Waals surface area contributed by atoms with Crippen LogP contribution in [0.5, 0.6) is 0 Å². The molecule has 7 nitrogen and oxygen atoms in total. The lowest BCUT2D eigenvalue weighted by Crippen LogP contribution is -2.65. The molecule has 0 saturated carbocycles. The van der Waals surface area contributed by atoms with Crippen molar-refractivity contribution in [3.05, 3.63) is 89.8 Å². The van der Waals surface area contributed by atoms with Crippen molar-refractivity contribution in [3.63, 3.8) is 0 Å². The van der Waals surface area contributed by atoms with E-state index in [0.29, 0.717) is 12.1 Å². The van der Waals surface area contributed by atoms with Crippen molar-refractivity contribution >= 4 is 11.8 Å². The molecule has 5 heterocycles. The Hall–Kier alpha value is -2.36. The van der Waals surface area contributed by atoms with Crippen LogP contribution in [0.3, 0.4) is 0 Å². The Morgan fingerprint density at radius 1 is 0.826 bits per heavy atom. The van der Waals surface area contributed by atoms with Crippen molar-refractivity contribution in [1.82, 2.24) is 34.6 Å². The van der Waals surface area contributed by atoms with Gasteiger partial charge in [-0.15, -0.1) is 11.8 Å². The SMILES string of the molecule is CSC(C)(C)N1C(c2ccccn2)CN(C(C)C)CC1c1ccc(CC(C)(C)N2CCN(C(C)C)C(C)(c3ccccn3)C2)cn1. The van der Waals surface area contributed by atoms with Crippen LogP contribution >= 0.6 is 11.8 Å². The van der Waals surface area contributed by atoms with Crippen molar-refractivity contribution in [1.29, 1.82) is 0 Å². The maximum absolute atomic E-state index is 5.23. The number of nitrogens with zero attached hydrogens (tertiary/aromatic N) is 7. The number of hydrogen-bond donors (Lipinski definition) is 0.